The van der Waals surface area contributed by atoms with Crippen molar-refractivity contribution in [2.45, 2.75) is 58.4 Å². The fourth-order valence-electron chi connectivity index (χ4n) is 3.35. The molecule has 0 amide bonds. The normalized spacial score (nSPS) is 22.9. The van der Waals surface area contributed by atoms with Crippen LogP contribution in [0.5, 0.6) is 0 Å². The van der Waals surface area contributed by atoms with Gasteiger partial charge in [-0.15, -0.1) is 0 Å². The molecule has 0 saturated heterocycles. The highest BCUT2D eigenvalue weighted by Crippen LogP contribution is 2.37. The molecule has 1 saturated carbocycles. The van der Waals surface area contributed by atoms with Crippen molar-refractivity contribution < 1.29 is 4.74 Å². The summed E-state index contributed by atoms with van der Waals surface area (Å²) in [6, 6.07) is 0.625. The van der Waals surface area contributed by atoms with Crippen molar-refractivity contribution in [2.75, 3.05) is 25.6 Å². The highest BCUT2D eigenvalue weighted by atomic mass is 16.5. The second kappa shape index (κ2) is 7.67. The Morgan fingerprint density at radius 2 is 2.20 bits per heavy atom. The lowest BCUT2D eigenvalue weighted by Crippen LogP contribution is -2.24. The fourth-order valence-corrected chi connectivity index (χ4v) is 3.35. The third kappa shape index (κ3) is 3.75. The summed E-state index contributed by atoms with van der Waals surface area (Å²) in [5.74, 6) is 1.85. The number of nitrogens with zero attached hydrogens (tertiary/aromatic N) is 2. The first-order chi connectivity index (χ1) is 9.76. The molecule has 0 aromatic carbocycles. The highest BCUT2D eigenvalue weighted by molar-refractivity contribution is 5.29. The number of aromatic nitrogens is 2. The van der Waals surface area contributed by atoms with Crippen molar-refractivity contribution in [3.8, 4) is 0 Å². The van der Waals surface area contributed by atoms with Crippen LogP contribution in [-0.2, 0) is 4.74 Å². The molecule has 1 heterocycles. The van der Waals surface area contributed by atoms with Crippen LogP contribution in [0.1, 0.15) is 57.2 Å². The minimum atomic E-state index is 0.625. The first-order valence-electron chi connectivity index (χ1n) is 8.04. The first-order valence-corrected chi connectivity index (χ1v) is 8.04. The van der Waals surface area contributed by atoms with E-state index in [2.05, 4.69) is 34.9 Å². The maximum atomic E-state index is 5.10. The molecule has 114 valence electrons. The Morgan fingerprint density at radius 3 is 2.95 bits per heavy atom. The smallest absolute Gasteiger partial charge is 0.203 e. The van der Waals surface area contributed by atoms with Crippen molar-refractivity contribution in [3.05, 3.63) is 11.9 Å². The van der Waals surface area contributed by atoms with Crippen LogP contribution >= 0.6 is 0 Å². The highest BCUT2D eigenvalue weighted by Gasteiger charge is 2.26. The summed E-state index contributed by atoms with van der Waals surface area (Å²) < 4.78 is 7.50. The molecule has 1 aromatic rings. The zero-order chi connectivity index (χ0) is 14.4. The summed E-state index contributed by atoms with van der Waals surface area (Å²) in [4.78, 5) is 4.66. The molecule has 0 aliphatic heterocycles. The molecular weight excluding hydrogens is 250 g/mol. The number of hydrogen-bond donors (Lipinski definition) is 1. The largest absolute Gasteiger partial charge is 0.385 e. The average Bonchev–Trinajstić information content (AvgIpc) is 2.84. The van der Waals surface area contributed by atoms with Crippen LogP contribution in [-0.4, -0.2) is 29.8 Å². The molecule has 1 N–H and O–H groups in total. The molecule has 4 heteroatoms. The van der Waals surface area contributed by atoms with Crippen molar-refractivity contribution in [1.82, 2.24) is 9.55 Å². The molecular formula is C16H29N3O. The summed E-state index contributed by atoms with van der Waals surface area (Å²) in [6.45, 7) is 6.13. The van der Waals surface area contributed by atoms with Gasteiger partial charge in [-0.05, 0) is 32.1 Å². The maximum absolute atomic E-state index is 5.10. The zero-order valence-corrected chi connectivity index (χ0v) is 13.2. The number of rotatable bonds is 7. The Bertz CT molecular complexity index is 402. The number of anilines is 1. The molecule has 1 aliphatic carbocycles. The van der Waals surface area contributed by atoms with Gasteiger partial charge in [0.25, 0.3) is 0 Å². The van der Waals surface area contributed by atoms with E-state index in [1.165, 1.54) is 32.1 Å². The summed E-state index contributed by atoms with van der Waals surface area (Å²) in [7, 11) is 1.75. The van der Waals surface area contributed by atoms with E-state index in [0.29, 0.717) is 6.04 Å². The van der Waals surface area contributed by atoms with Gasteiger partial charge < -0.3 is 14.6 Å². The van der Waals surface area contributed by atoms with Gasteiger partial charge in [0.2, 0.25) is 5.95 Å². The number of methoxy groups -OCH3 is 1. The van der Waals surface area contributed by atoms with Crippen LogP contribution in [0.15, 0.2) is 6.20 Å². The minimum absolute atomic E-state index is 0.625. The van der Waals surface area contributed by atoms with E-state index in [1.807, 2.05) is 0 Å². The van der Waals surface area contributed by atoms with Crippen LogP contribution in [0, 0.1) is 12.8 Å². The lowest BCUT2D eigenvalue weighted by atomic mass is 9.83. The Kier molecular flexibility index (Phi) is 5.89. The number of imidazole rings is 1. The standard InChI is InChI=1S/C16H29N3O/c1-4-14-8-5-6-9-15(14)19-12-13(2)18-16(19)17-10-7-11-20-3/h12,14-15H,4-11H2,1-3H3,(H,17,18). The number of aryl methyl sites for hydroxylation is 1. The molecule has 1 fully saturated rings. The van der Waals surface area contributed by atoms with E-state index in [-0.39, 0.29) is 0 Å². The predicted octanol–water partition coefficient (Wildman–Crippen LogP) is 3.78. The summed E-state index contributed by atoms with van der Waals surface area (Å²) in [6.07, 6.45) is 9.90. The number of ether oxygens (including phenoxy) is 1. The molecule has 0 radical (unpaired) electrons. The minimum Gasteiger partial charge on any atom is -0.385 e. The van der Waals surface area contributed by atoms with Crippen LogP contribution in [0.3, 0.4) is 0 Å². The monoisotopic (exact) mass is 279 g/mol. The van der Waals surface area contributed by atoms with E-state index in [0.717, 1.165) is 37.1 Å². The molecule has 1 aromatic heterocycles. The van der Waals surface area contributed by atoms with Gasteiger partial charge in [0, 0.05) is 32.5 Å². The summed E-state index contributed by atoms with van der Waals surface area (Å²) in [5, 5.41) is 3.48. The predicted molar refractivity (Wildman–Crippen MR) is 83.2 cm³/mol. The zero-order valence-electron chi connectivity index (χ0n) is 13.2. The van der Waals surface area contributed by atoms with Crippen LogP contribution < -0.4 is 5.32 Å². The quantitative estimate of drug-likeness (QED) is 0.772. The van der Waals surface area contributed by atoms with Crippen molar-refractivity contribution in [3.63, 3.8) is 0 Å². The van der Waals surface area contributed by atoms with E-state index in [9.17, 15) is 0 Å². The maximum Gasteiger partial charge on any atom is 0.203 e. The van der Waals surface area contributed by atoms with Crippen LogP contribution in [0.4, 0.5) is 5.95 Å². The van der Waals surface area contributed by atoms with Gasteiger partial charge >= 0.3 is 0 Å². The molecule has 2 unspecified atom stereocenters. The third-order valence-electron chi connectivity index (χ3n) is 4.41. The van der Waals surface area contributed by atoms with Gasteiger partial charge in [-0.25, -0.2) is 4.98 Å². The molecule has 4 nitrogen and oxygen atoms in total. The fraction of sp³-hybridized carbons (Fsp3) is 0.812. The second-order valence-corrected chi connectivity index (χ2v) is 5.91. The molecule has 0 spiro atoms. The lowest BCUT2D eigenvalue weighted by molar-refractivity contribution is 0.197. The molecule has 20 heavy (non-hydrogen) atoms. The van der Waals surface area contributed by atoms with Crippen LogP contribution in [0.25, 0.3) is 0 Å². The van der Waals surface area contributed by atoms with Gasteiger partial charge in [0.05, 0.1) is 5.69 Å². The van der Waals surface area contributed by atoms with Crippen molar-refractivity contribution in [2.24, 2.45) is 5.92 Å². The SMILES string of the molecule is CCC1CCCCC1n1cc(C)nc1NCCCOC. The molecule has 1 aliphatic rings. The number of nitrogens with one attached hydrogen (secondary N) is 1. The summed E-state index contributed by atoms with van der Waals surface area (Å²) in [5.41, 5.74) is 1.11. The van der Waals surface area contributed by atoms with Gasteiger partial charge in [-0.1, -0.05) is 26.2 Å². The Labute approximate surface area is 122 Å². The number of hydrogen-bond acceptors (Lipinski definition) is 3. The van der Waals surface area contributed by atoms with Gasteiger partial charge in [0.1, 0.15) is 0 Å². The molecule has 2 rings (SSSR count). The first kappa shape index (κ1) is 15.4. The molecule has 0 bridgehead atoms. The van der Waals surface area contributed by atoms with E-state index in [1.54, 1.807) is 7.11 Å². The van der Waals surface area contributed by atoms with Gasteiger partial charge in [-0.2, -0.15) is 0 Å². The Hall–Kier alpha value is -1.03. The lowest BCUT2D eigenvalue weighted by Gasteiger charge is -2.32. The Balaban J connectivity index is 2.05. The van der Waals surface area contributed by atoms with Gasteiger partial charge in [-0.3, -0.25) is 0 Å². The second-order valence-electron chi connectivity index (χ2n) is 5.91. The third-order valence-corrected chi connectivity index (χ3v) is 4.41. The molecule has 2 atom stereocenters. The van der Waals surface area contributed by atoms with Crippen LogP contribution in [0.2, 0.25) is 0 Å². The van der Waals surface area contributed by atoms with Crippen molar-refractivity contribution >= 4 is 5.95 Å². The summed E-state index contributed by atoms with van der Waals surface area (Å²) >= 11 is 0. The van der Waals surface area contributed by atoms with Crippen molar-refractivity contribution in [1.29, 1.82) is 0 Å². The average molecular weight is 279 g/mol. The topological polar surface area (TPSA) is 39.1 Å². The van der Waals surface area contributed by atoms with E-state index >= 15 is 0 Å². The van der Waals surface area contributed by atoms with E-state index < -0.39 is 0 Å². The van der Waals surface area contributed by atoms with Gasteiger partial charge in [0.15, 0.2) is 0 Å². The Morgan fingerprint density at radius 1 is 1.40 bits per heavy atom. The van der Waals surface area contributed by atoms with E-state index in [4.69, 9.17) is 4.74 Å².